The van der Waals surface area contributed by atoms with Gasteiger partial charge in [-0.1, -0.05) is 36.9 Å². The van der Waals surface area contributed by atoms with Crippen molar-refractivity contribution in [3.05, 3.63) is 71.1 Å². The van der Waals surface area contributed by atoms with Crippen LogP contribution in [0.3, 0.4) is 0 Å². The van der Waals surface area contributed by atoms with Crippen LogP contribution in [0.25, 0.3) is 5.57 Å². The van der Waals surface area contributed by atoms with E-state index >= 15 is 0 Å². The van der Waals surface area contributed by atoms with Crippen molar-refractivity contribution < 1.29 is 13.2 Å². The molecule has 0 aliphatic heterocycles. The molecule has 0 radical (unpaired) electrons. The summed E-state index contributed by atoms with van der Waals surface area (Å²) >= 11 is 3.63. The van der Waals surface area contributed by atoms with E-state index < -0.39 is 22.3 Å². The molecule has 0 aliphatic rings. The molecular weight excluding hydrogens is 269 g/mol. The minimum absolute atomic E-state index is 0.00208. The van der Waals surface area contributed by atoms with Gasteiger partial charge in [-0.05, 0) is 23.6 Å². The third-order valence-electron chi connectivity index (χ3n) is 2.96. The summed E-state index contributed by atoms with van der Waals surface area (Å²) in [6.07, 6.45) is 0. The molecule has 0 atom stereocenters. The van der Waals surface area contributed by atoms with Gasteiger partial charge in [0.1, 0.15) is 5.82 Å². The molecule has 2 rings (SSSR count). The van der Waals surface area contributed by atoms with Gasteiger partial charge in [0.05, 0.1) is 4.90 Å². The predicted octanol–water partition coefficient (Wildman–Crippen LogP) is 4.76. The average Bonchev–Trinajstić information content (AvgIpc) is 2.44. The van der Waals surface area contributed by atoms with Crippen molar-refractivity contribution >= 4 is 18.2 Å². The summed E-state index contributed by atoms with van der Waals surface area (Å²) in [6.45, 7) is 5.11. The van der Waals surface area contributed by atoms with Crippen LogP contribution in [0.5, 0.6) is 0 Å². The smallest absolute Gasteiger partial charge is 0.175 e. The third-order valence-corrected chi connectivity index (χ3v) is 3.35. The van der Waals surface area contributed by atoms with Crippen LogP contribution < -0.4 is 0 Å². The molecule has 98 valence electrons. The highest BCUT2D eigenvalue weighted by Gasteiger charge is 2.22. The number of hydrogen-bond acceptors (Lipinski definition) is 1. The first-order valence-corrected chi connectivity index (χ1v) is 6.00. The van der Waals surface area contributed by atoms with E-state index in [0.29, 0.717) is 5.56 Å². The molecule has 0 heterocycles. The Bertz CT molecular complexity index is 619. The lowest BCUT2D eigenvalue weighted by atomic mass is 9.94. The number of hydrogen-bond donors (Lipinski definition) is 1. The molecule has 2 aromatic rings. The summed E-state index contributed by atoms with van der Waals surface area (Å²) in [5.74, 6) is -3.29. The molecule has 4 heteroatoms. The Labute approximate surface area is 115 Å². The van der Waals surface area contributed by atoms with E-state index in [1.54, 1.807) is 30.3 Å². The first-order chi connectivity index (χ1) is 8.95. The van der Waals surface area contributed by atoms with Crippen LogP contribution in [0.4, 0.5) is 13.2 Å². The minimum atomic E-state index is -1.29. The van der Waals surface area contributed by atoms with Crippen molar-refractivity contribution in [3.8, 4) is 0 Å². The summed E-state index contributed by atoms with van der Waals surface area (Å²) in [4.78, 5) is -0.611. The van der Waals surface area contributed by atoms with E-state index in [2.05, 4.69) is 19.2 Å². The number of thiol groups is 1. The van der Waals surface area contributed by atoms with Gasteiger partial charge in [0.25, 0.3) is 0 Å². The fourth-order valence-corrected chi connectivity index (χ4v) is 2.17. The summed E-state index contributed by atoms with van der Waals surface area (Å²) in [5.41, 5.74) is 0.689. The molecule has 19 heavy (non-hydrogen) atoms. The summed E-state index contributed by atoms with van der Waals surface area (Å²) in [6, 6.07) is 8.68. The first kappa shape index (κ1) is 13.7. The van der Waals surface area contributed by atoms with Crippen molar-refractivity contribution in [1.29, 1.82) is 0 Å². The zero-order valence-corrected chi connectivity index (χ0v) is 11.1. The Balaban J connectivity index is 2.67. The quantitative estimate of drug-likeness (QED) is 0.595. The highest BCUT2D eigenvalue weighted by molar-refractivity contribution is 7.80. The van der Waals surface area contributed by atoms with E-state index in [9.17, 15) is 13.2 Å². The SMILES string of the molecule is C=C(c1ccccc1)c1c(C)c(F)c(S)c(F)c1F. The molecule has 0 aromatic heterocycles. The van der Waals surface area contributed by atoms with Gasteiger partial charge in [-0.25, -0.2) is 13.2 Å². The highest BCUT2D eigenvalue weighted by atomic mass is 32.1. The predicted molar refractivity (Wildman–Crippen MR) is 72.9 cm³/mol. The van der Waals surface area contributed by atoms with Crippen molar-refractivity contribution in [3.63, 3.8) is 0 Å². The minimum Gasteiger partial charge on any atom is -0.205 e. The van der Waals surface area contributed by atoms with Crippen molar-refractivity contribution in [1.82, 2.24) is 0 Å². The lowest BCUT2D eigenvalue weighted by molar-refractivity contribution is 0.462. The van der Waals surface area contributed by atoms with E-state index in [4.69, 9.17) is 0 Å². The van der Waals surface area contributed by atoms with Crippen LogP contribution >= 0.6 is 12.6 Å². The molecule has 0 spiro atoms. The Morgan fingerprint density at radius 2 is 1.58 bits per heavy atom. The fourth-order valence-electron chi connectivity index (χ4n) is 1.90. The van der Waals surface area contributed by atoms with Crippen LogP contribution in [0, 0.1) is 24.4 Å². The van der Waals surface area contributed by atoms with Gasteiger partial charge in [-0.3, -0.25) is 0 Å². The molecule has 0 saturated carbocycles. The lowest BCUT2D eigenvalue weighted by Gasteiger charge is -2.14. The molecule has 0 fully saturated rings. The van der Waals surface area contributed by atoms with Gasteiger partial charge < -0.3 is 0 Å². The molecule has 0 amide bonds. The maximum Gasteiger partial charge on any atom is 0.175 e. The Morgan fingerprint density at radius 1 is 1.00 bits per heavy atom. The average molecular weight is 280 g/mol. The molecule has 0 N–H and O–H groups in total. The Hall–Kier alpha value is -1.68. The van der Waals surface area contributed by atoms with Gasteiger partial charge in [-0.15, -0.1) is 12.6 Å². The van der Waals surface area contributed by atoms with Gasteiger partial charge in [-0.2, -0.15) is 0 Å². The van der Waals surface area contributed by atoms with Gasteiger partial charge in [0.15, 0.2) is 11.6 Å². The van der Waals surface area contributed by atoms with Gasteiger partial charge >= 0.3 is 0 Å². The van der Waals surface area contributed by atoms with Gasteiger partial charge in [0.2, 0.25) is 0 Å². The second-order valence-electron chi connectivity index (χ2n) is 4.14. The normalized spacial score (nSPS) is 10.6. The maximum atomic E-state index is 14.0. The number of benzene rings is 2. The standard InChI is InChI=1S/C15H11F3S/c1-8(10-6-4-3-5-7-10)11-9(2)12(16)15(19)14(18)13(11)17/h3-7,19H,1H2,2H3. The van der Waals surface area contributed by atoms with Crippen LogP contribution in [-0.2, 0) is 0 Å². The number of rotatable bonds is 2. The second kappa shape index (κ2) is 5.13. The lowest BCUT2D eigenvalue weighted by Crippen LogP contribution is -2.03. The van der Waals surface area contributed by atoms with Crippen molar-refractivity contribution in [2.45, 2.75) is 11.8 Å². The Morgan fingerprint density at radius 3 is 2.16 bits per heavy atom. The molecule has 0 nitrogen and oxygen atoms in total. The second-order valence-corrected chi connectivity index (χ2v) is 4.58. The van der Waals surface area contributed by atoms with Crippen LogP contribution in [0.1, 0.15) is 16.7 Å². The van der Waals surface area contributed by atoms with E-state index in [1.165, 1.54) is 6.92 Å². The zero-order valence-electron chi connectivity index (χ0n) is 10.2. The van der Waals surface area contributed by atoms with E-state index in [-0.39, 0.29) is 16.7 Å². The number of halogens is 3. The zero-order chi connectivity index (χ0) is 14.2. The van der Waals surface area contributed by atoms with E-state index in [1.807, 2.05) is 0 Å². The van der Waals surface area contributed by atoms with Crippen LogP contribution in [0.15, 0.2) is 41.8 Å². The van der Waals surface area contributed by atoms with Crippen LogP contribution in [0.2, 0.25) is 0 Å². The van der Waals surface area contributed by atoms with Crippen LogP contribution in [-0.4, -0.2) is 0 Å². The molecule has 0 saturated heterocycles. The fraction of sp³-hybridized carbons (Fsp3) is 0.0667. The first-order valence-electron chi connectivity index (χ1n) is 5.55. The van der Waals surface area contributed by atoms with Crippen molar-refractivity contribution in [2.75, 3.05) is 0 Å². The summed E-state index contributed by atoms with van der Waals surface area (Å²) in [7, 11) is 0. The topological polar surface area (TPSA) is 0 Å². The summed E-state index contributed by atoms with van der Waals surface area (Å²) in [5, 5.41) is 0. The van der Waals surface area contributed by atoms with E-state index in [0.717, 1.165) is 0 Å². The highest BCUT2D eigenvalue weighted by Crippen LogP contribution is 2.33. The molecule has 0 unspecified atom stereocenters. The molecular formula is C15H11F3S. The monoisotopic (exact) mass is 280 g/mol. The Kier molecular flexibility index (Phi) is 3.71. The van der Waals surface area contributed by atoms with Gasteiger partial charge in [0, 0.05) is 5.56 Å². The maximum absolute atomic E-state index is 14.0. The largest absolute Gasteiger partial charge is 0.205 e. The molecule has 2 aromatic carbocycles. The van der Waals surface area contributed by atoms with Crippen molar-refractivity contribution in [2.24, 2.45) is 0 Å². The summed E-state index contributed by atoms with van der Waals surface area (Å²) < 4.78 is 41.3. The third kappa shape index (κ3) is 2.28. The molecule has 0 bridgehead atoms. The molecule has 0 aliphatic carbocycles.